The zero-order valence-corrected chi connectivity index (χ0v) is 14.6. The van der Waals surface area contributed by atoms with Gasteiger partial charge in [0.25, 0.3) is 0 Å². The van der Waals surface area contributed by atoms with Gasteiger partial charge in [-0.2, -0.15) is 0 Å². The van der Waals surface area contributed by atoms with Crippen molar-refractivity contribution in [2.75, 3.05) is 6.54 Å². The van der Waals surface area contributed by atoms with Crippen LogP contribution >= 0.6 is 27.5 Å². The van der Waals surface area contributed by atoms with Crippen LogP contribution in [0.5, 0.6) is 0 Å². The van der Waals surface area contributed by atoms with Crippen LogP contribution in [0.25, 0.3) is 0 Å². The van der Waals surface area contributed by atoms with Gasteiger partial charge in [0, 0.05) is 15.5 Å². The third-order valence-electron chi connectivity index (χ3n) is 4.27. The Morgan fingerprint density at radius 3 is 2.75 bits per heavy atom. The molecule has 2 rings (SSSR count). The predicted octanol–water partition coefficient (Wildman–Crippen LogP) is 6.11. The third-order valence-corrected chi connectivity index (χ3v) is 5.11. The lowest BCUT2D eigenvalue weighted by atomic mass is 9.83. The van der Waals surface area contributed by atoms with E-state index in [1.165, 1.54) is 44.1 Å². The molecule has 1 aliphatic carbocycles. The fourth-order valence-corrected chi connectivity index (χ4v) is 3.80. The van der Waals surface area contributed by atoms with Crippen LogP contribution in [0.3, 0.4) is 0 Å². The first-order valence-electron chi connectivity index (χ1n) is 7.89. The molecule has 1 fully saturated rings. The van der Waals surface area contributed by atoms with E-state index in [2.05, 4.69) is 34.2 Å². The molecule has 0 saturated heterocycles. The first-order valence-corrected chi connectivity index (χ1v) is 9.06. The Labute approximate surface area is 136 Å². The molecule has 1 saturated carbocycles. The van der Waals surface area contributed by atoms with Gasteiger partial charge >= 0.3 is 0 Å². The number of benzene rings is 1. The minimum atomic E-state index is 0.392. The van der Waals surface area contributed by atoms with Gasteiger partial charge in [-0.3, -0.25) is 0 Å². The molecule has 0 spiro atoms. The maximum atomic E-state index is 6.43. The van der Waals surface area contributed by atoms with Crippen molar-refractivity contribution in [3.8, 4) is 0 Å². The highest BCUT2D eigenvalue weighted by Crippen LogP contribution is 2.35. The van der Waals surface area contributed by atoms with Gasteiger partial charge in [0.05, 0.1) is 0 Å². The lowest BCUT2D eigenvalue weighted by molar-refractivity contribution is 0.300. The summed E-state index contributed by atoms with van der Waals surface area (Å²) in [6, 6.07) is 6.59. The third kappa shape index (κ3) is 4.75. The van der Waals surface area contributed by atoms with E-state index in [0.717, 1.165) is 28.4 Å². The molecule has 0 aliphatic heterocycles. The van der Waals surface area contributed by atoms with E-state index in [1.54, 1.807) is 0 Å². The van der Waals surface area contributed by atoms with Gasteiger partial charge in [-0.1, -0.05) is 66.6 Å². The highest BCUT2D eigenvalue weighted by molar-refractivity contribution is 9.10. The Morgan fingerprint density at radius 2 is 2.05 bits per heavy atom. The van der Waals surface area contributed by atoms with Crippen LogP contribution in [0.1, 0.15) is 63.5 Å². The van der Waals surface area contributed by atoms with Crippen LogP contribution in [-0.2, 0) is 0 Å². The van der Waals surface area contributed by atoms with Crippen LogP contribution in [0.2, 0.25) is 5.02 Å². The molecular weight excluding hydrogens is 334 g/mol. The average Bonchev–Trinajstić information content (AvgIpc) is 2.47. The van der Waals surface area contributed by atoms with E-state index in [0.29, 0.717) is 6.04 Å². The molecule has 20 heavy (non-hydrogen) atoms. The van der Waals surface area contributed by atoms with Crippen LogP contribution < -0.4 is 5.32 Å². The number of halogens is 2. The summed E-state index contributed by atoms with van der Waals surface area (Å²) in [4.78, 5) is 0. The second-order valence-electron chi connectivity index (χ2n) is 5.91. The summed E-state index contributed by atoms with van der Waals surface area (Å²) >= 11 is 10.00. The summed E-state index contributed by atoms with van der Waals surface area (Å²) in [6.45, 7) is 3.27. The van der Waals surface area contributed by atoms with Crippen LogP contribution in [0, 0.1) is 5.92 Å². The van der Waals surface area contributed by atoms with E-state index in [4.69, 9.17) is 11.6 Å². The van der Waals surface area contributed by atoms with Gasteiger partial charge in [-0.15, -0.1) is 0 Å². The van der Waals surface area contributed by atoms with Gasteiger partial charge < -0.3 is 5.32 Å². The van der Waals surface area contributed by atoms with Crippen molar-refractivity contribution in [3.05, 3.63) is 33.3 Å². The largest absolute Gasteiger partial charge is 0.310 e. The second-order valence-corrected chi connectivity index (χ2v) is 7.24. The van der Waals surface area contributed by atoms with Crippen molar-refractivity contribution in [3.63, 3.8) is 0 Å². The van der Waals surface area contributed by atoms with Gasteiger partial charge in [0.2, 0.25) is 0 Å². The fraction of sp³-hybridized carbons (Fsp3) is 0.647. The predicted molar refractivity (Wildman–Crippen MR) is 91.4 cm³/mol. The summed E-state index contributed by atoms with van der Waals surface area (Å²) in [5.41, 5.74) is 1.25. The Morgan fingerprint density at radius 1 is 1.30 bits per heavy atom. The van der Waals surface area contributed by atoms with Gasteiger partial charge in [-0.25, -0.2) is 0 Å². The Kier molecular flexibility index (Phi) is 6.86. The molecule has 112 valence electrons. The van der Waals surface area contributed by atoms with E-state index >= 15 is 0 Å². The molecule has 0 heterocycles. The fourth-order valence-electron chi connectivity index (χ4n) is 3.18. The molecule has 0 aromatic heterocycles. The number of hydrogen-bond acceptors (Lipinski definition) is 1. The minimum Gasteiger partial charge on any atom is -0.310 e. The maximum absolute atomic E-state index is 6.43. The average molecular weight is 359 g/mol. The molecule has 0 radical (unpaired) electrons. The van der Waals surface area contributed by atoms with Crippen molar-refractivity contribution >= 4 is 27.5 Å². The summed E-state index contributed by atoms with van der Waals surface area (Å²) in [5, 5.41) is 4.58. The van der Waals surface area contributed by atoms with Crippen molar-refractivity contribution in [2.24, 2.45) is 5.92 Å². The Bertz CT molecular complexity index is 415. The summed E-state index contributed by atoms with van der Waals surface area (Å²) < 4.78 is 1.11. The Hall–Kier alpha value is -0.0500. The lowest BCUT2D eigenvalue weighted by Crippen LogP contribution is -2.25. The minimum absolute atomic E-state index is 0.392. The zero-order valence-electron chi connectivity index (χ0n) is 12.3. The SMILES string of the molecule is CCCNC(CC1CCCCC1)c1cc(Br)ccc1Cl. The van der Waals surface area contributed by atoms with Crippen LogP contribution in [0.15, 0.2) is 22.7 Å². The summed E-state index contributed by atoms with van der Waals surface area (Å²) in [7, 11) is 0. The van der Waals surface area contributed by atoms with Gasteiger partial charge in [0.1, 0.15) is 0 Å². The number of nitrogens with one attached hydrogen (secondary N) is 1. The highest BCUT2D eigenvalue weighted by atomic mass is 79.9. The number of rotatable bonds is 6. The Balaban J connectivity index is 2.10. The molecule has 1 atom stereocenters. The molecule has 3 heteroatoms. The molecule has 1 nitrogen and oxygen atoms in total. The topological polar surface area (TPSA) is 12.0 Å². The summed E-state index contributed by atoms with van der Waals surface area (Å²) in [6.07, 6.45) is 9.37. The molecule has 0 bridgehead atoms. The zero-order chi connectivity index (χ0) is 14.4. The molecule has 1 aromatic rings. The molecule has 1 N–H and O–H groups in total. The first kappa shape index (κ1) is 16.3. The van der Waals surface area contributed by atoms with Crippen molar-refractivity contribution in [1.29, 1.82) is 0 Å². The van der Waals surface area contributed by atoms with E-state index in [-0.39, 0.29) is 0 Å². The van der Waals surface area contributed by atoms with Crippen LogP contribution in [-0.4, -0.2) is 6.54 Å². The summed E-state index contributed by atoms with van der Waals surface area (Å²) in [5.74, 6) is 0.855. The molecule has 1 aromatic carbocycles. The lowest BCUT2D eigenvalue weighted by Gasteiger charge is -2.28. The van der Waals surface area contributed by atoms with Crippen molar-refractivity contribution < 1.29 is 0 Å². The quantitative estimate of drug-likeness (QED) is 0.646. The van der Waals surface area contributed by atoms with E-state index in [9.17, 15) is 0 Å². The first-order chi connectivity index (χ1) is 9.70. The smallest absolute Gasteiger partial charge is 0.0454 e. The molecule has 1 unspecified atom stereocenters. The van der Waals surface area contributed by atoms with E-state index in [1.807, 2.05) is 12.1 Å². The normalized spacial score (nSPS) is 18.1. The van der Waals surface area contributed by atoms with Crippen molar-refractivity contribution in [2.45, 2.75) is 57.9 Å². The maximum Gasteiger partial charge on any atom is 0.0454 e. The molecular formula is C17H25BrClN. The van der Waals surface area contributed by atoms with Gasteiger partial charge in [-0.05, 0) is 49.1 Å². The van der Waals surface area contributed by atoms with Gasteiger partial charge in [0.15, 0.2) is 0 Å². The van der Waals surface area contributed by atoms with E-state index < -0.39 is 0 Å². The van der Waals surface area contributed by atoms with Crippen molar-refractivity contribution in [1.82, 2.24) is 5.32 Å². The molecule has 0 amide bonds. The number of hydrogen-bond donors (Lipinski definition) is 1. The highest BCUT2D eigenvalue weighted by Gasteiger charge is 2.21. The molecule has 1 aliphatic rings. The van der Waals surface area contributed by atoms with Crippen LogP contribution in [0.4, 0.5) is 0 Å². The standard InChI is InChI=1S/C17H25BrClN/c1-2-10-20-17(11-13-6-4-3-5-7-13)15-12-14(18)8-9-16(15)19/h8-9,12-13,17,20H,2-7,10-11H2,1H3. The second kappa shape index (κ2) is 8.41. The monoisotopic (exact) mass is 357 g/mol.